The number of carboxylic acids is 1. The van der Waals surface area contributed by atoms with Gasteiger partial charge in [0.15, 0.2) is 6.23 Å². The molecule has 0 rings (SSSR count). The van der Waals surface area contributed by atoms with Gasteiger partial charge in [0.05, 0.1) is 0 Å². The van der Waals surface area contributed by atoms with Crippen molar-refractivity contribution in [2.75, 3.05) is 6.54 Å². The van der Waals surface area contributed by atoms with Crippen LogP contribution >= 0.6 is 0 Å². The van der Waals surface area contributed by atoms with Crippen LogP contribution in [0.4, 0.5) is 0 Å². The molecule has 86 valence electrons. The van der Waals surface area contributed by atoms with Gasteiger partial charge in [0, 0.05) is 12.0 Å². The van der Waals surface area contributed by atoms with Crippen LogP contribution in [0, 0.1) is 0 Å². The number of carbonyl (C=O) groups excluding carboxylic acids is 1. The van der Waals surface area contributed by atoms with Crippen LogP contribution in [0.25, 0.3) is 0 Å². The zero-order valence-corrected chi connectivity index (χ0v) is 9.08. The fourth-order valence-electron chi connectivity index (χ4n) is 0.848. The molecule has 0 saturated carbocycles. The number of esters is 1. The predicted molar refractivity (Wildman–Crippen MR) is 55.2 cm³/mol. The summed E-state index contributed by atoms with van der Waals surface area (Å²) in [6.07, 6.45) is 0.182. The molecule has 0 amide bonds. The maximum absolute atomic E-state index is 11.0. The zero-order chi connectivity index (χ0) is 11.8. The van der Waals surface area contributed by atoms with E-state index >= 15 is 0 Å². The summed E-state index contributed by atoms with van der Waals surface area (Å²) in [5.41, 5.74) is 0.342. The van der Waals surface area contributed by atoms with Gasteiger partial charge in [0.25, 0.3) is 0 Å². The van der Waals surface area contributed by atoms with E-state index in [1.54, 1.807) is 13.8 Å². The number of hydrogen-bond donors (Lipinski definition) is 2. The van der Waals surface area contributed by atoms with Crippen LogP contribution in [0.2, 0.25) is 0 Å². The van der Waals surface area contributed by atoms with Gasteiger partial charge in [-0.2, -0.15) is 0 Å². The number of carboxylic acid groups (broad SMARTS) is 1. The van der Waals surface area contributed by atoms with Crippen LogP contribution in [0.3, 0.4) is 0 Å². The van der Waals surface area contributed by atoms with Gasteiger partial charge in [-0.15, -0.1) is 0 Å². The monoisotopic (exact) mass is 215 g/mol. The van der Waals surface area contributed by atoms with Crippen LogP contribution < -0.4 is 5.32 Å². The third-order valence-electron chi connectivity index (χ3n) is 1.63. The maximum atomic E-state index is 11.0. The molecule has 5 heteroatoms. The third kappa shape index (κ3) is 7.69. The van der Waals surface area contributed by atoms with Gasteiger partial charge in [-0.05, 0) is 26.8 Å². The molecule has 5 nitrogen and oxygen atoms in total. The van der Waals surface area contributed by atoms with Gasteiger partial charge < -0.3 is 9.84 Å². The molecule has 0 aromatic rings. The third-order valence-corrected chi connectivity index (χ3v) is 1.63. The topological polar surface area (TPSA) is 75.6 Å². The molecule has 0 aromatic carbocycles. The summed E-state index contributed by atoms with van der Waals surface area (Å²) in [7, 11) is 0. The smallest absolute Gasteiger partial charge is 0.334 e. The second kappa shape index (κ2) is 7.00. The molecule has 0 fully saturated rings. The van der Waals surface area contributed by atoms with Gasteiger partial charge in [0.2, 0.25) is 0 Å². The first-order valence-electron chi connectivity index (χ1n) is 4.75. The van der Waals surface area contributed by atoms with Crippen molar-refractivity contribution in [3.63, 3.8) is 0 Å². The number of aliphatic carboxylic acids is 1. The molecular weight excluding hydrogens is 198 g/mol. The largest absolute Gasteiger partial charge is 0.481 e. The number of rotatable bonds is 7. The Balaban J connectivity index is 3.57. The van der Waals surface area contributed by atoms with Crippen molar-refractivity contribution in [3.05, 3.63) is 12.2 Å². The van der Waals surface area contributed by atoms with Crippen LogP contribution in [0.15, 0.2) is 12.2 Å². The predicted octanol–water partition coefficient (Wildman–Crippen LogP) is 0.906. The van der Waals surface area contributed by atoms with E-state index < -0.39 is 18.2 Å². The molecular formula is C10H17NO4. The van der Waals surface area contributed by atoms with E-state index in [0.29, 0.717) is 18.5 Å². The lowest BCUT2D eigenvalue weighted by Gasteiger charge is -2.14. The van der Waals surface area contributed by atoms with E-state index in [0.717, 1.165) is 0 Å². The summed E-state index contributed by atoms with van der Waals surface area (Å²) in [5.74, 6) is -1.28. The number of hydrogen-bond acceptors (Lipinski definition) is 4. The molecule has 0 saturated heterocycles. The molecule has 1 unspecified atom stereocenters. The van der Waals surface area contributed by atoms with Gasteiger partial charge in [-0.1, -0.05) is 6.58 Å². The minimum absolute atomic E-state index is 0.105. The van der Waals surface area contributed by atoms with Gasteiger partial charge >= 0.3 is 11.9 Å². The quantitative estimate of drug-likeness (QED) is 0.286. The fourth-order valence-corrected chi connectivity index (χ4v) is 0.848. The van der Waals surface area contributed by atoms with Crippen molar-refractivity contribution in [1.29, 1.82) is 0 Å². The van der Waals surface area contributed by atoms with E-state index in [1.807, 2.05) is 0 Å². The number of carbonyl (C=O) groups is 2. The van der Waals surface area contributed by atoms with E-state index in [9.17, 15) is 9.59 Å². The molecule has 0 spiro atoms. The molecule has 0 aliphatic rings. The van der Waals surface area contributed by atoms with E-state index in [2.05, 4.69) is 11.9 Å². The van der Waals surface area contributed by atoms with Crippen molar-refractivity contribution < 1.29 is 19.4 Å². The summed E-state index contributed by atoms with van der Waals surface area (Å²) < 4.78 is 4.92. The highest BCUT2D eigenvalue weighted by Crippen LogP contribution is 1.96. The van der Waals surface area contributed by atoms with Crippen LogP contribution in [0.5, 0.6) is 0 Å². The lowest BCUT2D eigenvalue weighted by molar-refractivity contribution is -0.145. The molecule has 0 bridgehead atoms. The van der Waals surface area contributed by atoms with E-state index in [1.165, 1.54) is 0 Å². The Hall–Kier alpha value is -1.36. The molecule has 2 N–H and O–H groups in total. The van der Waals surface area contributed by atoms with Crippen molar-refractivity contribution >= 4 is 11.9 Å². The maximum Gasteiger partial charge on any atom is 0.334 e. The first-order valence-corrected chi connectivity index (χ1v) is 4.75. The van der Waals surface area contributed by atoms with Crippen LogP contribution in [-0.2, 0) is 14.3 Å². The van der Waals surface area contributed by atoms with Gasteiger partial charge in [-0.3, -0.25) is 10.1 Å². The highest BCUT2D eigenvalue weighted by atomic mass is 16.6. The van der Waals surface area contributed by atoms with Crippen molar-refractivity contribution in [2.45, 2.75) is 32.9 Å². The number of nitrogens with one attached hydrogen (secondary N) is 1. The number of ether oxygens (including phenoxy) is 1. The molecule has 0 heterocycles. The lowest BCUT2D eigenvalue weighted by Crippen LogP contribution is -2.32. The van der Waals surface area contributed by atoms with Gasteiger partial charge in [0.1, 0.15) is 0 Å². The lowest BCUT2D eigenvalue weighted by atomic mass is 10.3. The second-order valence-corrected chi connectivity index (χ2v) is 3.28. The summed E-state index contributed by atoms with van der Waals surface area (Å²) in [6, 6.07) is 0. The minimum atomic E-state index is -0.830. The second-order valence-electron chi connectivity index (χ2n) is 3.28. The Kier molecular flexibility index (Phi) is 6.37. The average molecular weight is 215 g/mol. The first kappa shape index (κ1) is 13.6. The van der Waals surface area contributed by atoms with Crippen LogP contribution in [0.1, 0.15) is 26.7 Å². The highest BCUT2D eigenvalue weighted by molar-refractivity contribution is 5.87. The summed E-state index contributed by atoms with van der Waals surface area (Å²) in [4.78, 5) is 21.2. The molecule has 0 aliphatic heterocycles. The normalized spacial score (nSPS) is 11.9. The van der Waals surface area contributed by atoms with E-state index in [-0.39, 0.29) is 6.42 Å². The summed E-state index contributed by atoms with van der Waals surface area (Å²) in [6.45, 7) is 7.20. The Morgan fingerprint density at radius 3 is 2.60 bits per heavy atom. The molecule has 0 aromatic heterocycles. The minimum Gasteiger partial charge on any atom is -0.481 e. The molecule has 0 aliphatic carbocycles. The van der Waals surface area contributed by atoms with Crippen molar-refractivity contribution in [3.8, 4) is 0 Å². The SMILES string of the molecule is C=C(C)C(=O)OC(C)NCCCC(=O)O. The molecule has 15 heavy (non-hydrogen) atoms. The fraction of sp³-hybridized carbons (Fsp3) is 0.600. The highest BCUT2D eigenvalue weighted by Gasteiger charge is 2.08. The Labute approximate surface area is 89.1 Å². The van der Waals surface area contributed by atoms with Gasteiger partial charge in [-0.25, -0.2) is 4.79 Å². The summed E-state index contributed by atoms with van der Waals surface area (Å²) in [5, 5.41) is 11.2. The Bertz CT molecular complexity index is 250. The van der Waals surface area contributed by atoms with Crippen molar-refractivity contribution in [1.82, 2.24) is 5.32 Å². The first-order chi connectivity index (χ1) is 6.93. The van der Waals surface area contributed by atoms with E-state index in [4.69, 9.17) is 9.84 Å². The summed E-state index contributed by atoms with van der Waals surface area (Å²) >= 11 is 0. The molecule has 1 atom stereocenters. The Morgan fingerprint density at radius 1 is 1.53 bits per heavy atom. The molecule has 0 radical (unpaired) electrons. The van der Waals surface area contributed by atoms with Crippen LogP contribution in [-0.4, -0.2) is 29.8 Å². The average Bonchev–Trinajstić information content (AvgIpc) is 2.12. The standard InChI is InChI=1S/C10H17NO4/c1-7(2)10(14)15-8(3)11-6-4-5-9(12)13/h8,11H,1,4-6H2,2-3H3,(H,12,13). The van der Waals surface area contributed by atoms with Crippen molar-refractivity contribution in [2.24, 2.45) is 0 Å². The zero-order valence-electron chi connectivity index (χ0n) is 9.08. The Morgan fingerprint density at radius 2 is 2.13 bits per heavy atom.